The minimum Gasteiger partial charge on any atom is -0.378 e. The number of anilines is 2. The maximum absolute atomic E-state index is 13.0. The van der Waals surface area contributed by atoms with Gasteiger partial charge in [0.2, 0.25) is 0 Å². The predicted octanol–water partition coefficient (Wildman–Crippen LogP) is 5.34. The molecule has 3 nitrogen and oxygen atoms in total. The van der Waals surface area contributed by atoms with Gasteiger partial charge in [-0.15, -0.1) is 11.3 Å². The number of carbonyl (C=O) groups is 1. The Labute approximate surface area is 151 Å². The normalized spacial score (nSPS) is 19.3. The highest BCUT2D eigenvalue weighted by Gasteiger charge is 2.34. The number of thiophene rings is 1. The van der Waals surface area contributed by atoms with Gasteiger partial charge >= 0.3 is 0 Å². The summed E-state index contributed by atoms with van der Waals surface area (Å²) in [6.45, 7) is 2.13. The summed E-state index contributed by atoms with van der Waals surface area (Å²) in [6, 6.07) is 22.6. The number of amides is 1. The van der Waals surface area contributed by atoms with E-state index in [4.69, 9.17) is 0 Å². The maximum atomic E-state index is 13.0. The molecule has 2 atom stereocenters. The van der Waals surface area contributed by atoms with Crippen LogP contribution in [0.2, 0.25) is 0 Å². The molecule has 1 N–H and O–H groups in total. The molecule has 0 saturated carbocycles. The molecule has 0 saturated heterocycles. The van der Waals surface area contributed by atoms with Crippen molar-refractivity contribution < 1.29 is 4.79 Å². The molecule has 1 aliphatic heterocycles. The Bertz CT molecular complexity index is 861. The van der Waals surface area contributed by atoms with Gasteiger partial charge in [-0.05, 0) is 48.6 Å². The molecule has 0 fully saturated rings. The number of nitrogens with zero attached hydrogens (tertiary/aromatic N) is 1. The summed E-state index contributed by atoms with van der Waals surface area (Å²) in [6.07, 6.45) is 0.878. The van der Waals surface area contributed by atoms with E-state index >= 15 is 0 Å². The molecule has 25 heavy (non-hydrogen) atoms. The Hall–Kier alpha value is -2.59. The van der Waals surface area contributed by atoms with E-state index in [1.165, 1.54) is 16.9 Å². The van der Waals surface area contributed by atoms with Crippen LogP contribution in [0.1, 0.15) is 34.6 Å². The summed E-state index contributed by atoms with van der Waals surface area (Å²) < 4.78 is 0. The summed E-state index contributed by atoms with van der Waals surface area (Å²) in [5.41, 5.74) is 3.29. The standard InChI is InChI=1S/C21H20N2OS/c1-15-14-18(22-16-8-3-2-4-9-16)17-10-5-6-11-19(17)23(15)21(24)20-12-7-13-25-20/h2-13,15,18,22H,14H2,1H3/t15-,18+/m0/s1. The zero-order valence-electron chi connectivity index (χ0n) is 14.1. The van der Waals surface area contributed by atoms with Crippen LogP contribution in [0, 0.1) is 0 Å². The molecule has 1 aliphatic rings. The van der Waals surface area contributed by atoms with Crippen molar-refractivity contribution in [3.05, 3.63) is 82.6 Å². The molecular formula is C21H20N2OS. The van der Waals surface area contributed by atoms with Crippen molar-refractivity contribution in [3.63, 3.8) is 0 Å². The van der Waals surface area contributed by atoms with E-state index < -0.39 is 0 Å². The average molecular weight is 348 g/mol. The number of hydrogen-bond acceptors (Lipinski definition) is 3. The Balaban J connectivity index is 1.69. The molecule has 126 valence electrons. The summed E-state index contributed by atoms with van der Waals surface area (Å²) in [5, 5.41) is 5.58. The lowest BCUT2D eigenvalue weighted by Crippen LogP contribution is -2.44. The average Bonchev–Trinajstić information content (AvgIpc) is 3.17. The van der Waals surface area contributed by atoms with Crippen molar-refractivity contribution in [2.24, 2.45) is 0 Å². The highest BCUT2D eigenvalue weighted by atomic mass is 32.1. The van der Waals surface area contributed by atoms with Crippen LogP contribution in [0.5, 0.6) is 0 Å². The lowest BCUT2D eigenvalue weighted by molar-refractivity contribution is 0.0978. The van der Waals surface area contributed by atoms with Crippen LogP contribution >= 0.6 is 11.3 Å². The lowest BCUT2D eigenvalue weighted by atomic mass is 9.91. The van der Waals surface area contributed by atoms with Crippen LogP contribution in [0.4, 0.5) is 11.4 Å². The Morgan fingerprint density at radius 3 is 2.56 bits per heavy atom. The maximum Gasteiger partial charge on any atom is 0.268 e. The molecule has 4 heteroatoms. The number of rotatable bonds is 3. The predicted molar refractivity (Wildman–Crippen MR) is 104 cm³/mol. The number of nitrogens with one attached hydrogen (secondary N) is 1. The molecule has 0 aliphatic carbocycles. The largest absolute Gasteiger partial charge is 0.378 e. The number of carbonyl (C=O) groups excluding carboxylic acids is 1. The Morgan fingerprint density at radius 2 is 1.80 bits per heavy atom. The molecule has 2 aromatic carbocycles. The zero-order valence-corrected chi connectivity index (χ0v) is 14.9. The van der Waals surface area contributed by atoms with Crippen LogP contribution in [-0.4, -0.2) is 11.9 Å². The molecule has 2 heterocycles. The fourth-order valence-corrected chi connectivity index (χ4v) is 4.17. The third kappa shape index (κ3) is 3.05. The van der Waals surface area contributed by atoms with Crippen molar-refractivity contribution in [2.45, 2.75) is 25.4 Å². The fourth-order valence-electron chi connectivity index (χ4n) is 3.51. The quantitative estimate of drug-likeness (QED) is 0.693. The summed E-state index contributed by atoms with van der Waals surface area (Å²) in [4.78, 5) is 15.8. The molecule has 0 bridgehead atoms. The van der Waals surface area contributed by atoms with Crippen LogP contribution < -0.4 is 10.2 Å². The van der Waals surface area contributed by atoms with Crippen molar-refractivity contribution >= 4 is 28.6 Å². The van der Waals surface area contributed by atoms with E-state index in [1.54, 1.807) is 0 Å². The molecule has 0 spiro atoms. The Morgan fingerprint density at radius 1 is 1.04 bits per heavy atom. The third-order valence-corrected chi connectivity index (χ3v) is 5.51. The minimum atomic E-state index is 0.0908. The topological polar surface area (TPSA) is 32.3 Å². The van der Waals surface area contributed by atoms with Crippen molar-refractivity contribution in [2.75, 3.05) is 10.2 Å². The second kappa shape index (κ2) is 6.73. The first-order valence-corrected chi connectivity index (χ1v) is 9.39. The SMILES string of the molecule is C[C@H]1C[C@@H](Nc2ccccc2)c2ccccc2N1C(=O)c1cccs1. The third-order valence-electron chi connectivity index (χ3n) is 4.65. The van der Waals surface area contributed by atoms with E-state index in [-0.39, 0.29) is 18.0 Å². The zero-order chi connectivity index (χ0) is 17.2. The Kier molecular flexibility index (Phi) is 4.28. The second-order valence-electron chi connectivity index (χ2n) is 6.36. The van der Waals surface area contributed by atoms with E-state index in [0.717, 1.165) is 22.7 Å². The summed E-state index contributed by atoms with van der Waals surface area (Å²) >= 11 is 1.50. The van der Waals surface area contributed by atoms with Gasteiger partial charge in [0.1, 0.15) is 0 Å². The van der Waals surface area contributed by atoms with Gasteiger partial charge in [-0.1, -0.05) is 42.5 Å². The van der Waals surface area contributed by atoms with E-state index in [9.17, 15) is 4.79 Å². The minimum absolute atomic E-state index is 0.0908. The molecule has 1 amide bonds. The van der Waals surface area contributed by atoms with E-state index in [2.05, 4.69) is 36.5 Å². The number of benzene rings is 2. The van der Waals surface area contributed by atoms with Crippen LogP contribution in [0.25, 0.3) is 0 Å². The number of hydrogen-bond donors (Lipinski definition) is 1. The van der Waals surface area contributed by atoms with Crippen molar-refractivity contribution in [1.29, 1.82) is 0 Å². The van der Waals surface area contributed by atoms with E-state index in [0.29, 0.717) is 0 Å². The van der Waals surface area contributed by atoms with Gasteiger partial charge in [-0.25, -0.2) is 0 Å². The lowest BCUT2D eigenvalue weighted by Gasteiger charge is -2.39. The smallest absolute Gasteiger partial charge is 0.268 e. The first-order chi connectivity index (χ1) is 12.2. The molecular weight excluding hydrogens is 328 g/mol. The van der Waals surface area contributed by atoms with Gasteiger partial charge in [0, 0.05) is 17.4 Å². The highest BCUT2D eigenvalue weighted by molar-refractivity contribution is 7.12. The van der Waals surface area contributed by atoms with Gasteiger partial charge in [0.15, 0.2) is 0 Å². The fraction of sp³-hybridized carbons (Fsp3) is 0.190. The van der Waals surface area contributed by atoms with Gasteiger partial charge in [-0.2, -0.15) is 0 Å². The summed E-state index contributed by atoms with van der Waals surface area (Å²) in [5.74, 6) is 0.0908. The van der Waals surface area contributed by atoms with Crippen LogP contribution in [0.3, 0.4) is 0 Å². The summed E-state index contributed by atoms with van der Waals surface area (Å²) in [7, 11) is 0. The second-order valence-corrected chi connectivity index (χ2v) is 7.31. The van der Waals surface area contributed by atoms with Crippen LogP contribution in [-0.2, 0) is 0 Å². The first kappa shape index (κ1) is 15.9. The van der Waals surface area contributed by atoms with Gasteiger partial charge in [0.25, 0.3) is 5.91 Å². The van der Waals surface area contributed by atoms with Crippen molar-refractivity contribution in [3.8, 4) is 0 Å². The molecule has 4 rings (SSSR count). The molecule has 0 unspecified atom stereocenters. The van der Waals surface area contributed by atoms with Gasteiger partial charge in [0.05, 0.1) is 10.9 Å². The first-order valence-electron chi connectivity index (χ1n) is 8.51. The molecule has 0 radical (unpaired) electrons. The highest BCUT2D eigenvalue weighted by Crippen LogP contribution is 2.39. The number of fused-ring (bicyclic) bond motifs is 1. The van der Waals surface area contributed by atoms with Gasteiger partial charge < -0.3 is 10.2 Å². The van der Waals surface area contributed by atoms with Crippen LogP contribution in [0.15, 0.2) is 72.1 Å². The van der Waals surface area contributed by atoms with Gasteiger partial charge in [-0.3, -0.25) is 4.79 Å². The number of para-hydroxylation sites is 2. The monoisotopic (exact) mass is 348 g/mol. The van der Waals surface area contributed by atoms with Crippen molar-refractivity contribution in [1.82, 2.24) is 0 Å². The van der Waals surface area contributed by atoms with E-state index in [1.807, 2.05) is 52.7 Å². The molecule has 1 aromatic heterocycles. The molecule has 3 aromatic rings.